The first-order valence-corrected chi connectivity index (χ1v) is 5.65. The van der Waals surface area contributed by atoms with Crippen LogP contribution in [0.3, 0.4) is 0 Å². The molecule has 1 N–H and O–H groups in total. The maximum atomic E-state index is 11.3. The SMILES string of the molecule is CCCN1C[C@@H]2CCC[C@@]2(C(=O)O)C1. The lowest BCUT2D eigenvalue weighted by Gasteiger charge is -2.23. The Kier molecular flexibility index (Phi) is 2.52. The summed E-state index contributed by atoms with van der Waals surface area (Å²) >= 11 is 0. The molecule has 1 aliphatic heterocycles. The number of nitrogens with zero attached hydrogens (tertiary/aromatic N) is 1. The third-order valence-electron chi connectivity index (χ3n) is 3.91. The molecule has 0 aromatic heterocycles. The Morgan fingerprint density at radius 3 is 3.00 bits per heavy atom. The predicted molar refractivity (Wildman–Crippen MR) is 54.1 cm³/mol. The van der Waals surface area contributed by atoms with Crippen LogP contribution in [0.5, 0.6) is 0 Å². The fourth-order valence-electron chi connectivity index (χ4n) is 3.23. The number of carbonyl (C=O) groups is 1. The quantitative estimate of drug-likeness (QED) is 0.746. The van der Waals surface area contributed by atoms with E-state index >= 15 is 0 Å². The summed E-state index contributed by atoms with van der Waals surface area (Å²) in [5.74, 6) is -0.134. The van der Waals surface area contributed by atoms with E-state index in [0.717, 1.165) is 45.3 Å². The lowest BCUT2D eigenvalue weighted by molar-refractivity contribution is -0.149. The average Bonchev–Trinajstić information content (AvgIpc) is 2.60. The molecule has 0 aromatic rings. The van der Waals surface area contributed by atoms with E-state index in [1.54, 1.807) is 0 Å². The Morgan fingerprint density at radius 2 is 2.43 bits per heavy atom. The molecule has 80 valence electrons. The summed E-state index contributed by atoms with van der Waals surface area (Å²) in [6.07, 6.45) is 4.25. The van der Waals surface area contributed by atoms with Gasteiger partial charge in [0.1, 0.15) is 0 Å². The van der Waals surface area contributed by atoms with E-state index in [2.05, 4.69) is 11.8 Å². The molecule has 0 amide bonds. The van der Waals surface area contributed by atoms with E-state index in [1.165, 1.54) is 0 Å². The van der Waals surface area contributed by atoms with Gasteiger partial charge in [-0.2, -0.15) is 0 Å². The second-order valence-corrected chi connectivity index (χ2v) is 4.79. The van der Waals surface area contributed by atoms with Crippen molar-refractivity contribution in [3.8, 4) is 0 Å². The van der Waals surface area contributed by atoms with Crippen molar-refractivity contribution in [3.05, 3.63) is 0 Å². The predicted octanol–water partition coefficient (Wildman–Crippen LogP) is 1.58. The van der Waals surface area contributed by atoms with Gasteiger partial charge in [-0.25, -0.2) is 0 Å². The molecule has 3 heteroatoms. The first-order chi connectivity index (χ1) is 6.69. The van der Waals surface area contributed by atoms with Crippen molar-refractivity contribution in [2.24, 2.45) is 11.3 Å². The molecule has 1 heterocycles. The number of rotatable bonds is 3. The van der Waals surface area contributed by atoms with E-state index in [9.17, 15) is 9.90 Å². The van der Waals surface area contributed by atoms with Crippen LogP contribution >= 0.6 is 0 Å². The van der Waals surface area contributed by atoms with Gasteiger partial charge >= 0.3 is 5.97 Å². The maximum Gasteiger partial charge on any atom is 0.311 e. The Morgan fingerprint density at radius 1 is 1.64 bits per heavy atom. The highest BCUT2D eigenvalue weighted by molar-refractivity contribution is 5.76. The van der Waals surface area contributed by atoms with Crippen LogP contribution < -0.4 is 0 Å². The standard InChI is InChI=1S/C11H19NO2/c1-2-6-12-7-9-4-3-5-11(9,8-12)10(13)14/h9H,2-8H2,1H3,(H,13,14)/t9-,11+/m0/s1. The Bertz CT molecular complexity index is 241. The molecule has 14 heavy (non-hydrogen) atoms. The minimum absolute atomic E-state index is 0.380. The fourth-order valence-corrected chi connectivity index (χ4v) is 3.23. The van der Waals surface area contributed by atoms with Gasteiger partial charge in [0.25, 0.3) is 0 Å². The van der Waals surface area contributed by atoms with Gasteiger partial charge in [0, 0.05) is 13.1 Å². The number of aliphatic carboxylic acids is 1. The van der Waals surface area contributed by atoms with E-state index in [-0.39, 0.29) is 5.41 Å². The van der Waals surface area contributed by atoms with Gasteiger partial charge in [-0.15, -0.1) is 0 Å². The smallest absolute Gasteiger partial charge is 0.311 e. The molecule has 0 aromatic carbocycles. The van der Waals surface area contributed by atoms with Gasteiger partial charge in [-0.3, -0.25) is 4.79 Å². The topological polar surface area (TPSA) is 40.5 Å². The first kappa shape index (κ1) is 9.97. The van der Waals surface area contributed by atoms with Crippen LogP contribution in [0.25, 0.3) is 0 Å². The molecule has 0 unspecified atom stereocenters. The monoisotopic (exact) mass is 197 g/mol. The van der Waals surface area contributed by atoms with Gasteiger partial charge in [0.2, 0.25) is 0 Å². The zero-order valence-electron chi connectivity index (χ0n) is 8.83. The van der Waals surface area contributed by atoms with Gasteiger partial charge in [-0.1, -0.05) is 13.3 Å². The molecule has 0 spiro atoms. The van der Waals surface area contributed by atoms with Crippen LogP contribution in [-0.2, 0) is 4.79 Å². The minimum atomic E-state index is -0.557. The molecule has 1 aliphatic carbocycles. The molecular weight excluding hydrogens is 178 g/mol. The molecule has 1 saturated heterocycles. The van der Waals surface area contributed by atoms with Gasteiger partial charge in [-0.05, 0) is 31.7 Å². The van der Waals surface area contributed by atoms with E-state index < -0.39 is 5.97 Å². The van der Waals surface area contributed by atoms with E-state index in [4.69, 9.17) is 0 Å². The van der Waals surface area contributed by atoms with Crippen molar-refractivity contribution in [3.63, 3.8) is 0 Å². The molecule has 1 saturated carbocycles. The summed E-state index contributed by atoms with van der Waals surface area (Å²) < 4.78 is 0. The molecule has 2 aliphatic rings. The van der Waals surface area contributed by atoms with Gasteiger partial charge in [0.15, 0.2) is 0 Å². The molecule has 2 atom stereocenters. The third-order valence-corrected chi connectivity index (χ3v) is 3.91. The fraction of sp³-hybridized carbons (Fsp3) is 0.909. The zero-order chi connectivity index (χ0) is 10.2. The summed E-state index contributed by atoms with van der Waals surface area (Å²) in [6, 6.07) is 0. The average molecular weight is 197 g/mol. The minimum Gasteiger partial charge on any atom is -0.481 e. The number of hydrogen-bond acceptors (Lipinski definition) is 2. The van der Waals surface area contributed by atoms with Crippen molar-refractivity contribution < 1.29 is 9.90 Å². The number of fused-ring (bicyclic) bond motifs is 1. The highest BCUT2D eigenvalue weighted by atomic mass is 16.4. The second kappa shape index (κ2) is 3.54. The summed E-state index contributed by atoms with van der Waals surface area (Å²) in [4.78, 5) is 13.7. The Labute approximate surface area is 85.1 Å². The normalized spacial score (nSPS) is 37.4. The number of carboxylic acid groups (broad SMARTS) is 1. The highest BCUT2D eigenvalue weighted by Gasteiger charge is 2.54. The van der Waals surface area contributed by atoms with E-state index in [0.29, 0.717) is 5.92 Å². The summed E-state index contributed by atoms with van der Waals surface area (Å²) in [7, 11) is 0. The number of carboxylic acids is 1. The van der Waals surface area contributed by atoms with Crippen molar-refractivity contribution in [2.75, 3.05) is 19.6 Å². The highest BCUT2D eigenvalue weighted by Crippen LogP contribution is 2.48. The van der Waals surface area contributed by atoms with Crippen LogP contribution in [0.2, 0.25) is 0 Å². The van der Waals surface area contributed by atoms with Crippen molar-refractivity contribution in [1.29, 1.82) is 0 Å². The lowest BCUT2D eigenvalue weighted by atomic mass is 9.81. The first-order valence-electron chi connectivity index (χ1n) is 5.65. The van der Waals surface area contributed by atoms with E-state index in [1.807, 2.05) is 0 Å². The van der Waals surface area contributed by atoms with Gasteiger partial charge < -0.3 is 10.0 Å². The molecule has 0 radical (unpaired) electrons. The second-order valence-electron chi connectivity index (χ2n) is 4.79. The van der Waals surface area contributed by atoms with Crippen LogP contribution in [0.1, 0.15) is 32.6 Å². The van der Waals surface area contributed by atoms with Crippen LogP contribution in [-0.4, -0.2) is 35.6 Å². The zero-order valence-corrected chi connectivity index (χ0v) is 8.83. The molecular formula is C11H19NO2. The summed E-state index contributed by atoms with van der Waals surface area (Å²) in [5.41, 5.74) is -0.380. The van der Waals surface area contributed by atoms with Crippen molar-refractivity contribution in [2.45, 2.75) is 32.6 Å². The number of likely N-dealkylation sites (tertiary alicyclic amines) is 1. The summed E-state index contributed by atoms with van der Waals surface area (Å²) in [5, 5.41) is 9.33. The Hall–Kier alpha value is -0.570. The van der Waals surface area contributed by atoms with Crippen molar-refractivity contribution in [1.82, 2.24) is 4.90 Å². The van der Waals surface area contributed by atoms with Crippen LogP contribution in [0, 0.1) is 11.3 Å². The summed E-state index contributed by atoms with van der Waals surface area (Å²) in [6.45, 7) is 5.02. The van der Waals surface area contributed by atoms with Crippen LogP contribution in [0.4, 0.5) is 0 Å². The number of hydrogen-bond donors (Lipinski definition) is 1. The van der Waals surface area contributed by atoms with Crippen molar-refractivity contribution >= 4 is 5.97 Å². The third kappa shape index (κ3) is 1.34. The molecule has 3 nitrogen and oxygen atoms in total. The molecule has 2 rings (SSSR count). The van der Waals surface area contributed by atoms with Gasteiger partial charge in [0.05, 0.1) is 5.41 Å². The molecule has 2 fully saturated rings. The van der Waals surface area contributed by atoms with Crippen LogP contribution in [0.15, 0.2) is 0 Å². The molecule has 0 bridgehead atoms. The maximum absolute atomic E-state index is 11.3. The largest absolute Gasteiger partial charge is 0.481 e. The Balaban J connectivity index is 2.11. The lowest BCUT2D eigenvalue weighted by Crippen LogP contribution is -2.35.